The summed E-state index contributed by atoms with van der Waals surface area (Å²) in [6.07, 6.45) is 10.6. The van der Waals surface area contributed by atoms with Crippen LogP contribution in [-0.4, -0.2) is 21.0 Å². The van der Waals surface area contributed by atoms with Crippen LogP contribution in [0.3, 0.4) is 0 Å². The fraction of sp³-hybridized carbons (Fsp3) is 0.667. The molecule has 45 heavy (non-hydrogen) atoms. The molecule has 2 aromatic rings. The van der Waals surface area contributed by atoms with Crippen LogP contribution in [-0.2, 0) is 28.0 Å². The molecular formula is C39H52N2O3S. The molecule has 5 aliphatic carbocycles. The molecule has 0 spiro atoms. The Morgan fingerprint density at radius 2 is 1.71 bits per heavy atom. The summed E-state index contributed by atoms with van der Waals surface area (Å²) in [5.74, 6) is 2.22. The van der Waals surface area contributed by atoms with E-state index < -0.39 is 5.41 Å². The Morgan fingerprint density at radius 1 is 0.978 bits per heavy atom. The molecule has 0 bridgehead atoms. The highest BCUT2D eigenvalue weighted by Gasteiger charge is 2.69. The van der Waals surface area contributed by atoms with Gasteiger partial charge in [0.2, 0.25) is 5.88 Å². The van der Waals surface area contributed by atoms with Crippen molar-refractivity contribution < 1.29 is 14.6 Å². The van der Waals surface area contributed by atoms with Crippen molar-refractivity contribution in [3.05, 3.63) is 58.8 Å². The molecule has 1 heterocycles. The van der Waals surface area contributed by atoms with Crippen molar-refractivity contribution in [3.8, 4) is 5.88 Å². The molecular weight excluding hydrogens is 577 g/mol. The molecule has 0 radical (unpaired) electrons. The van der Waals surface area contributed by atoms with Crippen LogP contribution < -0.4 is 0 Å². The van der Waals surface area contributed by atoms with Gasteiger partial charge in [0.05, 0.1) is 11.1 Å². The first-order valence-corrected chi connectivity index (χ1v) is 17.8. The van der Waals surface area contributed by atoms with Gasteiger partial charge in [0.15, 0.2) is 5.16 Å². The zero-order chi connectivity index (χ0) is 32.2. The van der Waals surface area contributed by atoms with Crippen LogP contribution in [0.15, 0.2) is 47.1 Å². The number of ether oxygens (including phenoxy) is 1. The number of thiol groups is 1. The molecule has 3 saturated carbocycles. The van der Waals surface area contributed by atoms with Crippen molar-refractivity contribution in [3.63, 3.8) is 0 Å². The van der Waals surface area contributed by atoms with Gasteiger partial charge in [-0.15, -0.1) is 12.6 Å². The fourth-order valence-corrected chi connectivity index (χ4v) is 12.4. The van der Waals surface area contributed by atoms with E-state index in [1.165, 1.54) is 0 Å². The largest absolute Gasteiger partial charge is 0.493 e. The Morgan fingerprint density at radius 3 is 2.44 bits per heavy atom. The number of nitrogens with zero attached hydrogens (tertiary/aromatic N) is 2. The van der Waals surface area contributed by atoms with E-state index >= 15 is 0 Å². The third kappa shape index (κ3) is 4.22. The minimum Gasteiger partial charge on any atom is -0.493 e. The topological polar surface area (TPSA) is 72.3 Å². The second-order valence-electron chi connectivity index (χ2n) is 16.9. The predicted octanol–water partition coefficient (Wildman–Crippen LogP) is 8.89. The lowest BCUT2D eigenvalue weighted by atomic mass is 9.33. The third-order valence-corrected chi connectivity index (χ3v) is 15.1. The lowest BCUT2D eigenvalue weighted by Crippen LogP contribution is -2.65. The fourth-order valence-electron chi connectivity index (χ4n) is 12.2. The van der Waals surface area contributed by atoms with E-state index in [1.54, 1.807) is 5.57 Å². The molecule has 0 saturated heterocycles. The molecule has 242 valence electrons. The molecule has 0 unspecified atom stereocenters. The summed E-state index contributed by atoms with van der Waals surface area (Å²) in [4.78, 5) is 23.4. The molecule has 3 fully saturated rings. The predicted molar refractivity (Wildman–Crippen MR) is 180 cm³/mol. The number of fused-ring (bicyclic) bond motifs is 8. The van der Waals surface area contributed by atoms with E-state index in [0.717, 1.165) is 68.2 Å². The minimum absolute atomic E-state index is 0.00101. The number of hydrogen-bond acceptors (Lipinski definition) is 6. The summed E-state index contributed by atoms with van der Waals surface area (Å²) in [6, 6.07) is 10.1. The number of aromatic nitrogens is 2. The highest BCUT2D eigenvalue weighted by atomic mass is 32.1. The summed E-state index contributed by atoms with van der Waals surface area (Å²) in [7, 11) is 0. The highest BCUT2D eigenvalue weighted by Crippen LogP contribution is 2.75. The standard InChI is InChI=1S/C39H52N2O3S/c1-23-15-18-39(33(43)44-22-25-11-9-8-10-12-25)20-19-37(6)27(30(39)24(23)2)13-14-29-36(5)21-26-31(40-34(45)41-32(26)42)35(3,4)28(36)16-17-38(29,37)7/h8-13,23-24,28-30H,14-22H2,1-7H3,(H2,40,41,42,45)/t23-,24+,28+,29-,30+,36+,37-,38-,39+/m1/s1. The van der Waals surface area contributed by atoms with Crippen LogP contribution in [0.4, 0.5) is 0 Å². The summed E-state index contributed by atoms with van der Waals surface area (Å²) in [5.41, 5.74) is 3.92. The molecule has 5 nitrogen and oxygen atoms in total. The highest BCUT2D eigenvalue weighted by molar-refractivity contribution is 7.80. The number of benzene rings is 1. The smallest absolute Gasteiger partial charge is 0.313 e. The van der Waals surface area contributed by atoms with Gasteiger partial charge in [0, 0.05) is 11.0 Å². The first-order valence-electron chi connectivity index (χ1n) is 17.4. The first kappa shape index (κ1) is 31.3. The summed E-state index contributed by atoms with van der Waals surface area (Å²) >= 11 is 4.44. The monoisotopic (exact) mass is 628 g/mol. The normalized spacial score (nSPS) is 41.3. The van der Waals surface area contributed by atoms with Crippen LogP contribution in [0.2, 0.25) is 0 Å². The van der Waals surface area contributed by atoms with E-state index in [9.17, 15) is 9.90 Å². The van der Waals surface area contributed by atoms with Gasteiger partial charge >= 0.3 is 5.97 Å². The second kappa shape index (κ2) is 10.3. The average Bonchev–Trinajstić information content (AvgIpc) is 2.99. The Hall–Kier alpha value is -2.34. The van der Waals surface area contributed by atoms with E-state index in [2.05, 4.69) is 72.2 Å². The van der Waals surface area contributed by atoms with Gasteiger partial charge in [0.25, 0.3) is 0 Å². The second-order valence-corrected chi connectivity index (χ2v) is 17.3. The molecule has 1 N–H and O–H groups in total. The van der Waals surface area contributed by atoms with E-state index in [4.69, 9.17) is 9.72 Å². The van der Waals surface area contributed by atoms with Crippen LogP contribution in [0, 0.1) is 51.2 Å². The van der Waals surface area contributed by atoms with Crippen molar-refractivity contribution in [2.24, 2.45) is 51.2 Å². The Balaban J connectivity index is 1.28. The van der Waals surface area contributed by atoms with Gasteiger partial charge in [-0.2, -0.15) is 4.98 Å². The maximum atomic E-state index is 14.3. The summed E-state index contributed by atoms with van der Waals surface area (Å²) < 4.78 is 6.21. The lowest BCUT2D eigenvalue weighted by Gasteiger charge is -2.70. The van der Waals surface area contributed by atoms with Crippen molar-refractivity contribution in [1.82, 2.24) is 9.97 Å². The number of aromatic hydroxyl groups is 1. The van der Waals surface area contributed by atoms with Crippen molar-refractivity contribution in [2.75, 3.05) is 0 Å². The van der Waals surface area contributed by atoms with E-state index in [-0.39, 0.29) is 39.4 Å². The summed E-state index contributed by atoms with van der Waals surface area (Å²) in [6.45, 7) is 17.4. The molecule has 1 aromatic carbocycles. The SMILES string of the molecule is C[C@H]1[C@H](C)CC[C@]2(C(=O)OCc3ccccc3)CC[C@]3(C)C(=CC[C@@H]4[C@@]5(C)Cc6c(O)nc(S)nc6C(C)(C)[C@@H]5CC[C@]43C)[C@H]12. The zero-order valence-electron chi connectivity index (χ0n) is 28.3. The maximum absolute atomic E-state index is 14.3. The quantitative estimate of drug-likeness (QED) is 0.154. The first-order chi connectivity index (χ1) is 21.2. The van der Waals surface area contributed by atoms with Crippen molar-refractivity contribution in [2.45, 2.75) is 117 Å². The van der Waals surface area contributed by atoms with Crippen molar-refractivity contribution >= 4 is 18.6 Å². The van der Waals surface area contributed by atoms with Crippen LogP contribution in [0.25, 0.3) is 0 Å². The van der Waals surface area contributed by atoms with Gasteiger partial charge in [-0.1, -0.05) is 90.4 Å². The van der Waals surface area contributed by atoms with Gasteiger partial charge < -0.3 is 9.84 Å². The maximum Gasteiger partial charge on any atom is 0.313 e. The molecule has 7 rings (SSSR count). The number of hydrogen-bond donors (Lipinski definition) is 2. The van der Waals surface area contributed by atoms with E-state index in [0.29, 0.717) is 35.4 Å². The Kier molecular flexibility index (Phi) is 7.18. The van der Waals surface area contributed by atoms with E-state index in [1.807, 2.05) is 30.3 Å². The van der Waals surface area contributed by atoms with Gasteiger partial charge in [-0.3, -0.25) is 4.79 Å². The summed E-state index contributed by atoms with van der Waals surface area (Å²) in [5, 5.41) is 11.4. The van der Waals surface area contributed by atoms with Gasteiger partial charge in [-0.25, -0.2) is 4.98 Å². The molecule has 9 atom stereocenters. The Bertz CT molecular complexity index is 1550. The van der Waals surface area contributed by atoms with Crippen LogP contribution in [0.5, 0.6) is 5.88 Å². The average molecular weight is 629 g/mol. The zero-order valence-corrected chi connectivity index (χ0v) is 29.2. The number of carbonyl (C=O) groups is 1. The third-order valence-electron chi connectivity index (χ3n) is 14.9. The van der Waals surface area contributed by atoms with Gasteiger partial charge in [-0.05, 0) is 103 Å². The molecule has 1 aromatic heterocycles. The van der Waals surface area contributed by atoms with Crippen LogP contribution in [0.1, 0.15) is 110 Å². The molecule has 6 heteroatoms. The molecule has 0 amide bonds. The Labute approximate surface area is 275 Å². The van der Waals surface area contributed by atoms with Crippen LogP contribution >= 0.6 is 12.6 Å². The number of allylic oxidation sites excluding steroid dienone is 2. The lowest BCUT2D eigenvalue weighted by molar-refractivity contribution is -0.184. The molecule has 5 aliphatic rings. The number of esters is 1. The van der Waals surface area contributed by atoms with Crippen molar-refractivity contribution in [1.29, 1.82) is 0 Å². The number of rotatable bonds is 3. The van der Waals surface area contributed by atoms with Gasteiger partial charge in [0.1, 0.15) is 6.61 Å². The molecule has 0 aliphatic heterocycles. The number of carbonyl (C=O) groups excluding carboxylic acids is 1. The minimum atomic E-state index is -0.449.